The molecule has 0 fully saturated rings. The van der Waals surface area contributed by atoms with Gasteiger partial charge in [-0.25, -0.2) is 4.57 Å². The summed E-state index contributed by atoms with van der Waals surface area (Å²) in [5.41, 5.74) is 8.38. The zero-order valence-electron chi connectivity index (χ0n) is 11.7. The van der Waals surface area contributed by atoms with Crippen LogP contribution in [0, 0.1) is 6.92 Å². The van der Waals surface area contributed by atoms with Crippen LogP contribution in [0.15, 0.2) is 42.6 Å². The third-order valence-electron chi connectivity index (χ3n) is 3.72. The van der Waals surface area contributed by atoms with Crippen molar-refractivity contribution >= 4 is 17.5 Å². The Morgan fingerprint density at radius 1 is 1.10 bits per heavy atom. The van der Waals surface area contributed by atoms with Gasteiger partial charge in [0.2, 0.25) is 0 Å². The maximum absolute atomic E-state index is 12.2. The molecule has 0 saturated heterocycles. The Labute approximate surface area is 122 Å². The number of rotatable bonds is 3. The molecule has 0 unspecified atom stereocenters. The predicted octanol–water partition coefficient (Wildman–Crippen LogP) is 1.16. The molecule has 3 rings (SSSR count). The lowest BCUT2D eigenvalue weighted by atomic mass is 10.1. The third kappa shape index (κ3) is 2.27. The first kappa shape index (κ1) is 13.3. The zero-order valence-corrected chi connectivity index (χ0v) is 11.7. The number of amides is 2. The van der Waals surface area contributed by atoms with Gasteiger partial charge < -0.3 is 5.73 Å². The van der Waals surface area contributed by atoms with Crippen LogP contribution < -0.4 is 10.3 Å². The summed E-state index contributed by atoms with van der Waals surface area (Å²) in [5.74, 6) is -0.436. The first-order valence-corrected chi connectivity index (χ1v) is 6.79. The minimum atomic E-state index is -0.218. The van der Waals surface area contributed by atoms with Crippen LogP contribution in [0.3, 0.4) is 0 Å². The Morgan fingerprint density at radius 2 is 1.71 bits per heavy atom. The molecule has 0 radical (unpaired) electrons. The van der Waals surface area contributed by atoms with Gasteiger partial charge in [-0.05, 0) is 12.1 Å². The van der Waals surface area contributed by atoms with E-state index in [0.29, 0.717) is 29.9 Å². The quantitative estimate of drug-likeness (QED) is 0.678. The van der Waals surface area contributed by atoms with Gasteiger partial charge in [-0.15, -0.1) is 0 Å². The highest BCUT2D eigenvalue weighted by atomic mass is 16.2. The Kier molecular flexibility index (Phi) is 3.17. The van der Waals surface area contributed by atoms with Crippen molar-refractivity contribution in [3.05, 3.63) is 59.4 Å². The van der Waals surface area contributed by atoms with Gasteiger partial charge in [-0.2, -0.15) is 0 Å². The van der Waals surface area contributed by atoms with Crippen LogP contribution in [0.4, 0.5) is 5.69 Å². The molecule has 2 amide bonds. The van der Waals surface area contributed by atoms with Crippen molar-refractivity contribution in [1.29, 1.82) is 0 Å². The maximum atomic E-state index is 12.2. The van der Waals surface area contributed by atoms with Gasteiger partial charge in [0.15, 0.2) is 18.4 Å². The number of anilines is 1. The first-order valence-electron chi connectivity index (χ1n) is 6.79. The molecule has 2 N–H and O–H groups in total. The summed E-state index contributed by atoms with van der Waals surface area (Å²) >= 11 is 0. The fourth-order valence-corrected chi connectivity index (χ4v) is 2.57. The molecule has 1 aliphatic rings. The monoisotopic (exact) mass is 282 g/mol. The van der Waals surface area contributed by atoms with Gasteiger partial charge in [-0.3, -0.25) is 14.5 Å². The standard InChI is InChI=1S/C16H15N3O2/c1-11-10-12(17)6-7-18(11)8-9-19-15(20)13-4-2-3-5-14(13)16(19)21/h2-7,10,17H,8-9H2,1H3/p+1. The normalized spacial score (nSPS) is 13.7. The molecule has 0 bridgehead atoms. The Hall–Kier alpha value is -2.69. The van der Waals surface area contributed by atoms with Crippen molar-refractivity contribution in [2.24, 2.45) is 0 Å². The number of imide groups is 1. The first-order chi connectivity index (χ1) is 10.1. The third-order valence-corrected chi connectivity index (χ3v) is 3.72. The zero-order chi connectivity index (χ0) is 15.0. The maximum Gasteiger partial charge on any atom is 0.261 e. The number of aryl methyl sites for hydroxylation is 1. The molecule has 1 aromatic heterocycles. The Balaban J connectivity index is 1.78. The van der Waals surface area contributed by atoms with Crippen LogP contribution >= 0.6 is 0 Å². The van der Waals surface area contributed by atoms with Crippen molar-refractivity contribution in [3.8, 4) is 0 Å². The number of aromatic nitrogens is 1. The average molecular weight is 282 g/mol. The van der Waals surface area contributed by atoms with E-state index in [-0.39, 0.29) is 11.8 Å². The van der Waals surface area contributed by atoms with Crippen LogP contribution in [-0.2, 0) is 6.54 Å². The fourth-order valence-electron chi connectivity index (χ4n) is 2.57. The lowest BCUT2D eigenvalue weighted by molar-refractivity contribution is -0.701. The van der Waals surface area contributed by atoms with E-state index in [1.165, 1.54) is 4.90 Å². The number of nitrogens with two attached hydrogens (primary N) is 1. The lowest BCUT2D eigenvalue weighted by Gasteiger charge is -2.12. The van der Waals surface area contributed by atoms with Crippen molar-refractivity contribution < 1.29 is 14.2 Å². The van der Waals surface area contributed by atoms with Crippen molar-refractivity contribution in [1.82, 2.24) is 4.90 Å². The second-order valence-electron chi connectivity index (χ2n) is 5.10. The SMILES string of the molecule is Cc1cc(N)cc[n+]1CCN1C(=O)c2ccccc2C1=O. The minimum absolute atomic E-state index is 0.218. The van der Waals surface area contributed by atoms with Crippen molar-refractivity contribution in [2.45, 2.75) is 13.5 Å². The van der Waals surface area contributed by atoms with Gasteiger partial charge >= 0.3 is 0 Å². The second kappa shape index (κ2) is 5.01. The summed E-state index contributed by atoms with van der Waals surface area (Å²) < 4.78 is 1.97. The molecule has 5 nitrogen and oxygen atoms in total. The van der Waals surface area contributed by atoms with Crippen LogP contribution in [0.5, 0.6) is 0 Å². The van der Waals surface area contributed by atoms with Crippen molar-refractivity contribution in [2.75, 3.05) is 12.3 Å². The predicted molar refractivity (Wildman–Crippen MR) is 77.6 cm³/mol. The summed E-state index contributed by atoms with van der Waals surface area (Å²) in [5, 5.41) is 0. The molecule has 5 heteroatoms. The van der Waals surface area contributed by atoms with E-state index in [1.54, 1.807) is 30.3 Å². The molecule has 0 spiro atoms. The highest BCUT2D eigenvalue weighted by molar-refractivity contribution is 6.21. The van der Waals surface area contributed by atoms with E-state index in [2.05, 4.69) is 0 Å². The average Bonchev–Trinajstić information content (AvgIpc) is 2.71. The van der Waals surface area contributed by atoms with Crippen LogP contribution in [0.1, 0.15) is 26.4 Å². The van der Waals surface area contributed by atoms with Gasteiger partial charge in [0, 0.05) is 24.7 Å². The molecule has 0 atom stereocenters. The number of hydrogen-bond acceptors (Lipinski definition) is 3. The summed E-state index contributed by atoms with van der Waals surface area (Å²) in [6.07, 6.45) is 1.86. The van der Waals surface area contributed by atoms with Crippen LogP contribution in [0.2, 0.25) is 0 Å². The smallest absolute Gasteiger partial charge is 0.261 e. The van der Waals surface area contributed by atoms with E-state index < -0.39 is 0 Å². The molecule has 21 heavy (non-hydrogen) atoms. The number of pyridine rings is 1. The highest BCUT2D eigenvalue weighted by Gasteiger charge is 2.35. The number of benzene rings is 1. The van der Waals surface area contributed by atoms with E-state index in [1.807, 2.05) is 23.8 Å². The summed E-state index contributed by atoms with van der Waals surface area (Å²) in [6.45, 7) is 2.85. The van der Waals surface area contributed by atoms with Gasteiger partial charge in [0.05, 0.1) is 17.7 Å². The van der Waals surface area contributed by atoms with E-state index in [4.69, 9.17) is 5.73 Å². The van der Waals surface area contributed by atoms with Crippen molar-refractivity contribution in [3.63, 3.8) is 0 Å². The topological polar surface area (TPSA) is 67.3 Å². The number of hydrogen-bond donors (Lipinski definition) is 1. The van der Waals surface area contributed by atoms with Gasteiger partial charge in [-0.1, -0.05) is 12.1 Å². The van der Waals surface area contributed by atoms with Gasteiger partial charge in [0.25, 0.3) is 11.8 Å². The number of carbonyl (C=O) groups is 2. The molecule has 1 aromatic carbocycles. The summed E-state index contributed by atoms with van der Waals surface area (Å²) in [7, 11) is 0. The largest absolute Gasteiger partial charge is 0.398 e. The Morgan fingerprint density at radius 3 is 2.29 bits per heavy atom. The molecular weight excluding hydrogens is 266 g/mol. The summed E-state index contributed by atoms with van der Waals surface area (Å²) in [4.78, 5) is 25.8. The van der Waals surface area contributed by atoms with E-state index in [9.17, 15) is 9.59 Å². The second-order valence-corrected chi connectivity index (χ2v) is 5.10. The van der Waals surface area contributed by atoms with Gasteiger partial charge in [0.1, 0.15) is 0 Å². The molecule has 106 valence electrons. The van der Waals surface area contributed by atoms with E-state index in [0.717, 1.165) is 5.69 Å². The number of nitrogen functional groups attached to an aromatic ring is 1. The molecular formula is C16H16N3O2+. The van der Waals surface area contributed by atoms with Crippen LogP contribution in [0.25, 0.3) is 0 Å². The minimum Gasteiger partial charge on any atom is -0.398 e. The number of fused-ring (bicyclic) bond motifs is 1. The molecule has 0 saturated carbocycles. The fraction of sp³-hybridized carbons (Fsp3) is 0.188. The lowest BCUT2D eigenvalue weighted by Crippen LogP contribution is -2.44. The highest BCUT2D eigenvalue weighted by Crippen LogP contribution is 2.21. The molecule has 2 heterocycles. The molecule has 0 aliphatic carbocycles. The molecule has 1 aliphatic heterocycles. The summed E-state index contributed by atoms with van der Waals surface area (Å²) in [6, 6.07) is 10.6. The number of carbonyl (C=O) groups excluding carboxylic acids is 2. The Bertz CT molecular complexity index is 705. The van der Waals surface area contributed by atoms with E-state index >= 15 is 0 Å². The molecule has 2 aromatic rings. The van der Waals surface area contributed by atoms with Crippen LogP contribution in [-0.4, -0.2) is 23.3 Å². The number of nitrogens with zero attached hydrogens (tertiary/aromatic N) is 2.